The first-order valence-corrected chi connectivity index (χ1v) is 7.33. The third kappa shape index (κ3) is 5.56. The van der Waals surface area contributed by atoms with Crippen LogP contribution in [0, 0.1) is 0 Å². The molecule has 1 aromatic carbocycles. The first-order chi connectivity index (χ1) is 8.95. The Balaban J connectivity index is 2.63. The number of methoxy groups -OCH3 is 1. The Hall–Kier alpha value is -1.15. The molecule has 108 valence electrons. The second-order valence-corrected chi connectivity index (χ2v) is 5.71. The van der Waals surface area contributed by atoms with Crippen LogP contribution in [0.15, 0.2) is 29.2 Å². The highest BCUT2D eigenvalue weighted by Gasteiger charge is 2.14. The second kappa shape index (κ2) is 7.44. The molecule has 0 aliphatic carbocycles. The minimum absolute atomic E-state index is 0.0398. The van der Waals surface area contributed by atoms with Crippen LogP contribution in [0.2, 0.25) is 0 Å². The average molecular weight is 289 g/mol. The van der Waals surface area contributed by atoms with Gasteiger partial charge in [0.2, 0.25) is 0 Å². The monoisotopic (exact) mass is 289 g/mol. The number of benzene rings is 1. The van der Waals surface area contributed by atoms with Crippen LogP contribution in [0.5, 0.6) is 5.75 Å². The fourth-order valence-electron chi connectivity index (χ4n) is 1.26. The normalized spacial score (nSPS) is 11.8. The zero-order valence-electron chi connectivity index (χ0n) is 11.3. The van der Waals surface area contributed by atoms with Crippen LogP contribution < -0.4 is 9.62 Å². The molecule has 7 heteroatoms. The molecule has 0 aliphatic rings. The van der Waals surface area contributed by atoms with Crippen molar-refractivity contribution < 1.29 is 22.7 Å². The van der Waals surface area contributed by atoms with Gasteiger partial charge in [-0.3, -0.25) is 4.84 Å². The summed E-state index contributed by atoms with van der Waals surface area (Å²) >= 11 is 0. The predicted molar refractivity (Wildman–Crippen MR) is 70.4 cm³/mol. The van der Waals surface area contributed by atoms with Crippen molar-refractivity contribution in [3.05, 3.63) is 24.3 Å². The molecular formula is C12H19NO5S. The summed E-state index contributed by atoms with van der Waals surface area (Å²) in [5.41, 5.74) is 0. The lowest BCUT2D eigenvalue weighted by Gasteiger charge is -2.10. The summed E-state index contributed by atoms with van der Waals surface area (Å²) in [4.78, 5) is 6.93. The zero-order valence-corrected chi connectivity index (χ0v) is 12.1. The Kier molecular flexibility index (Phi) is 6.23. The van der Waals surface area contributed by atoms with E-state index in [-0.39, 0.29) is 17.6 Å². The van der Waals surface area contributed by atoms with Gasteiger partial charge >= 0.3 is 0 Å². The van der Waals surface area contributed by atoms with E-state index in [9.17, 15) is 8.42 Å². The smallest absolute Gasteiger partial charge is 0.262 e. The second-order valence-electron chi connectivity index (χ2n) is 4.07. The molecule has 0 radical (unpaired) electrons. The Bertz CT molecular complexity index is 469. The lowest BCUT2D eigenvalue weighted by molar-refractivity contribution is 0.0438. The molecule has 6 nitrogen and oxygen atoms in total. The lowest BCUT2D eigenvalue weighted by Crippen LogP contribution is -2.25. The molecule has 1 N–H and O–H groups in total. The summed E-state index contributed by atoms with van der Waals surface area (Å²) in [5.74, 6) is 0.620. The number of hydrogen-bond donors (Lipinski definition) is 1. The van der Waals surface area contributed by atoms with Crippen molar-refractivity contribution in [2.75, 3.05) is 20.3 Å². The largest absolute Gasteiger partial charge is 0.491 e. The molecule has 0 spiro atoms. The first-order valence-electron chi connectivity index (χ1n) is 5.85. The first kappa shape index (κ1) is 15.9. The van der Waals surface area contributed by atoms with Gasteiger partial charge in [0.1, 0.15) is 5.75 Å². The Morgan fingerprint density at radius 1 is 1.16 bits per heavy atom. The van der Waals surface area contributed by atoms with E-state index in [0.717, 1.165) is 0 Å². The van der Waals surface area contributed by atoms with Crippen LogP contribution >= 0.6 is 0 Å². The molecule has 0 fully saturated rings. The van der Waals surface area contributed by atoms with Crippen LogP contribution in [-0.4, -0.2) is 34.8 Å². The molecule has 1 rings (SSSR count). The number of nitrogens with one attached hydrogen (secondary N) is 1. The molecule has 0 atom stereocenters. The van der Waals surface area contributed by atoms with E-state index >= 15 is 0 Å². The molecule has 0 saturated carbocycles. The summed E-state index contributed by atoms with van der Waals surface area (Å²) < 4.78 is 33.8. The van der Waals surface area contributed by atoms with E-state index in [1.807, 2.05) is 18.7 Å². The summed E-state index contributed by atoms with van der Waals surface area (Å²) in [5, 5.41) is 0. The Morgan fingerprint density at radius 2 is 1.79 bits per heavy atom. The van der Waals surface area contributed by atoms with Gasteiger partial charge in [-0.2, -0.15) is 0 Å². The SMILES string of the molecule is COCCONS(=O)(=O)c1ccc(OC(C)C)cc1. The van der Waals surface area contributed by atoms with E-state index in [1.165, 1.54) is 19.2 Å². The van der Waals surface area contributed by atoms with Gasteiger partial charge < -0.3 is 9.47 Å². The van der Waals surface area contributed by atoms with Crippen molar-refractivity contribution in [1.82, 2.24) is 4.89 Å². The van der Waals surface area contributed by atoms with Gasteiger partial charge in [-0.05, 0) is 38.1 Å². The molecule has 0 aliphatic heterocycles. The van der Waals surface area contributed by atoms with Gasteiger partial charge in [0.15, 0.2) is 0 Å². The molecule has 1 aromatic rings. The number of sulfonamides is 1. The predicted octanol–water partition coefficient (Wildman–Crippen LogP) is 1.33. The fraction of sp³-hybridized carbons (Fsp3) is 0.500. The third-order valence-corrected chi connectivity index (χ3v) is 3.29. The van der Waals surface area contributed by atoms with Gasteiger partial charge in [-0.25, -0.2) is 8.42 Å². The molecule has 0 saturated heterocycles. The standard InChI is InChI=1S/C12H19NO5S/c1-10(2)18-11-4-6-12(7-5-11)19(14,15)13-17-9-8-16-3/h4-7,10,13H,8-9H2,1-3H3. The van der Waals surface area contributed by atoms with Crippen molar-refractivity contribution in [3.63, 3.8) is 0 Å². The van der Waals surface area contributed by atoms with Crippen molar-refractivity contribution in [2.45, 2.75) is 24.8 Å². The average Bonchev–Trinajstić information content (AvgIpc) is 2.35. The van der Waals surface area contributed by atoms with E-state index in [0.29, 0.717) is 12.4 Å². The minimum Gasteiger partial charge on any atom is -0.491 e. The van der Waals surface area contributed by atoms with Crippen molar-refractivity contribution in [3.8, 4) is 5.75 Å². The topological polar surface area (TPSA) is 73.9 Å². The van der Waals surface area contributed by atoms with Gasteiger partial charge in [0.25, 0.3) is 10.0 Å². The molecule has 0 heterocycles. The van der Waals surface area contributed by atoms with Crippen LogP contribution in [0.4, 0.5) is 0 Å². The lowest BCUT2D eigenvalue weighted by atomic mass is 10.3. The number of hydrogen-bond acceptors (Lipinski definition) is 5. The summed E-state index contributed by atoms with van der Waals surface area (Å²) in [6.07, 6.45) is 0.0398. The van der Waals surface area contributed by atoms with E-state index in [2.05, 4.69) is 0 Å². The highest BCUT2D eigenvalue weighted by atomic mass is 32.2. The molecular weight excluding hydrogens is 270 g/mol. The molecule has 19 heavy (non-hydrogen) atoms. The Morgan fingerprint density at radius 3 is 2.32 bits per heavy atom. The van der Waals surface area contributed by atoms with Crippen LogP contribution in [0.3, 0.4) is 0 Å². The molecule has 0 aromatic heterocycles. The fourth-order valence-corrected chi connectivity index (χ4v) is 2.09. The minimum atomic E-state index is -3.67. The molecule has 0 amide bonds. The van der Waals surface area contributed by atoms with Crippen molar-refractivity contribution >= 4 is 10.0 Å². The van der Waals surface area contributed by atoms with Crippen LogP contribution in [0.25, 0.3) is 0 Å². The van der Waals surface area contributed by atoms with Crippen molar-refractivity contribution in [2.24, 2.45) is 0 Å². The van der Waals surface area contributed by atoms with Crippen LogP contribution in [0.1, 0.15) is 13.8 Å². The number of rotatable bonds is 8. The summed E-state index contributed by atoms with van der Waals surface area (Å²) in [6, 6.07) is 6.12. The van der Waals surface area contributed by atoms with Gasteiger partial charge in [-0.1, -0.05) is 4.89 Å². The van der Waals surface area contributed by atoms with Gasteiger partial charge in [-0.15, -0.1) is 0 Å². The van der Waals surface area contributed by atoms with Crippen molar-refractivity contribution in [1.29, 1.82) is 0 Å². The zero-order chi connectivity index (χ0) is 14.3. The van der Waals surface area contributed by atoms with Crippen LogP contribution in [-0.2, 0) is 19.6 Å². The summed E-state index contributed by atoms with van der Waals surface area (Å²) in [6.45, 7) is 4.25. The highest BCUT2D eigenvalue weighted by molar-refractivity contribution is 7.89. The quantitative estimate of drug-likeness (QED) is 0.577. The molecule has 0 bridgehead atoms. The maximum atomic E-state index is 11.8. The Labute approximate surface area is 113 Å². The summed E-state index contributed by atoms with van der Waals surface area (Å²) in [7, 11) is -2.16. The van der Waals surface area contributed by atoms with E-state index in [4.69, 9.17) is 14.3 Å². The maximum absolute atomic E-state index is 11.8. The van der Waals surface area contributed by atoms with Gasteiger partial charge in [0.05, 0.1) is 24.2 Å². The third-order valence-electron chi connectivity index (χ3n) is 2.06. The molecule has 0 unspecified atom stereocenters. The number of ether oxygens (including phenoxy) is 2. The highest BCUT2D eigenvalue weighted by Crippen LogP contribution is 2.16. The maximum Gasteiger partial charge on any atom is 0.262 e. The van der Waals surface area contributed by atoms with E-state index in [1.54, 1.807) is 12.1 Å². The van der Waals surface area contributed by atoms with E-state index < -0.39 is 10.0 Å². The van der Waals surface area contributed by atoms with Gasteiger partial charge in [0, 0.05) is 7.11 Å².